The molecule has 0 radical (unpaired) electrons. The summed E-state index contributed by atoms with van der Waals surface area (Å²) in [6, 6.07) is 0. The third-order valence-electron chi connectivity index (χ3n) is 2.81. The molecule has 0 aromatic heterocycles. The first-order chi connectivity index (χ1) is 8.68. The summed E-state index contributed by atoms with van der Waals surface area (Å²) in [6.07, 6.45) is -0.395. The molecule has 1 heterocycles. The summed E-state index contributed by atoms with van der Waals surface area (Å²) in [5, 5.41) is 13.1. The molecular formula is C13H28N2O3. The van der Waals surface area contributed by atoms with Gasteiger partial charge in [-0.1, -0.05) is 13.8 Å². The lowest BCUT2D eigenvalue weighted by Crippen LogP contribution is -2.47. The molecular weight excluding hydrogens is 232 g/mol. The minimum absolute atomic E-state index is 0.395. The van der Waals surface area contributed by atoms with Gasteiger partial charge in [-0.3, -0.25) is 4.90 Å². The van der Waals surface area contributed by atoms with E-state index in [1.165, 1.54) is 0 Å². The standard InChI is InChI=1S/C13H28N2O3/c1-12(2)10-17-7-8-18-11-13(16)9-15-5-3-14-4-6-15/h12-14,16H,3-11H2,1-2H3. The highest BCUT2D eigenvalue weighted by atomic mass is 16.5. The van der Waals surface area contributed by atoms with E-state index in [0.717, 1.165) is 32.8 Å². The van der Waals surface area contributed by atoms with Crippen LogP contribution in [0.4, 0.5) is 0 Å². The van der Waals surface area contributed by atoms with E-state index >= 15 is 0 Å². The molecule has 0 aromatic rings. The molecule has 0 aliphatic carbocycles. The Hall–Kier alpha value is -0.200. The fourth-order valence-corrected chi connectivity index (χ4v) is 1.90. The van der Waals surface area contributed by atoms with E-state index in [1.807, 2.05) is 0 Å². The van der Waals surface area contributed by atoms with E-state index in [0.29, 0.717) is 32.3 Å². The number of ether oxygens (including phenoxy) is 2. The van der Waals surface area contributed by atoms with Crippen LogP contribution in [0, 0.1) is 5.92 Å². The first-order valence-corrected chi connectivity index (χ1v) is 6.95. The van der Waals surface area contributed by atoms with Gasteiger partial charge in [0.1, 0.15) is 0 Å². The Labute approximate surface area is 110 Å². The fraction of sp³-hybridized carbons (Fsp3) is 1.00. The number of hydrogen-bond donors (Lipinski definition) is 2. The number of hydrogen-bond acceptors (Lipinski definition) is 5. The van der Waals surface area contributed by atoms with Gasteiger partial charge >= 0.3 is 0 Å². The molecule has 1 rings (SSSR count). The zero-order chi connectivity index (χ0) is 13.2. The Morgan fingerprint density at radius 3 is 2.33 bits per heavy atom. The Bertz CT molecular complexity index is 197. The molecule has 0 saturated carbocycles. The van der Waals surface area contributed by atoms with Gasteiger partial charge in [-0.25, -0.2) is 0 Å². The van der Waals surface area contributed by atoms with Crippen LogP contribution >= 0.6 is 0 Å². The van der Waals surface area contributed by atoms with E-state index in [2.05, 4.69) is 24.1 Å². The van der Waals surface area contributed by atoms with Crippen molar-refractivity contribution in [2.24, 2.45) is 5.92 Å². The van der Waals surface area contributed by atoms with Crippen molar-refractivity contribution in [1.82, 2.24) is 10.2 Å². The van der Waals surface area contributed by atoms with Crippen LogP contribution in [-0.2, 0) is 9.47 Å². The second kappa shape index (κ2) is 9.69. The third-order valence-corrected chi connectivity index (χ3v) is 2.81. The van der Waals surface area contributed by atoms with E-state index in [4.69, 9.17) is 9.47 Å². The molecule has 2 N–H and O–H groups in total. The quantitative estimate of drug-likeness (QED) is 0.569. The van der Waals surface area contributed by atoms with Gasteiger partial charge in [0, 0.05) is 39.3 Å². The van der Waals surface area contributed by atoms with Gasteiger partial charge in [-0.15, -0.1) is 0 Å². The van der Waals surface area contributed by atoms with Crippen LogP contribution in [0.3, 0.4) is 0 Å². The number of piperazine rings is 1. The maximum atomic E-state index is 9.82. The SMILES string of the molecule is CC(C)COCCOCC(O)CN1CCNCC1. The molecule has 0 spiro atoms. The maximum absolute atomic E-state index is 9.82. The average molecular weight is 260 g/mol. The van der Waals surface area contributed by atoms with Crippen molar-refractivity contribution in [2.75, 3.05) is 59.2 Å². The highest BCUT2D eigenvalue weighted by molar-refractivity contribution is 4.70. The zero-order valence-electron chi connectivity index (χ0n) is 11.7. The highest BCUT2D eigenvalue weighted by Crippen LogP contribution is 1.97. The number of nitrogens with zero attached hydrogens (tertiary/aromatic N) is 1. The lowest BCUT2D eigenvalue weighted by Gasteiger charge is -2.28. The van der Waals surface area contributed by atoms with E-state index in [1.54, 1.807) is 0 Å². The molecule has 5 nitrogen and oxygen atoms in total. The van der Waals surface area contributed by atoms with Gasteiger partial charge in [-0.05, 0) is 5.92 Å². The van der Waals surface area contributed by atoms with Crippen LogP contribution in [-0.4, -0.2) is 75.3 Å². The van der Waals surface area contributed by atoms with Crippen LogP contribution in [0.2, 0.25) is 0 Å². The Morgan fingerprint density at radius 2 is 1.72 bits per heavy atom. The smallest absolute Gasteiger partial charge is 0.0900 e. The van der Waals surface area contributed by atoms with Crippen molar-refractivity contribution in [3.8, 4) is 0 Å². The van der Waals surface area contributed by atoms with Crippen LogP contribution in [0.25, 0.3) is 0 Å². The average Bonchev–Trinajstić information content (AvgIpc) is 2.34. The van der Waals surface area contributed by atoms with Gasteiger partial charge in [0.15, 0.2) is 0 Å². The first kappa shape index (κ1) is 15.9. The minimum Gasteiger partial charge on any atom is -0.389 e. The normalized spacial score (nSPS) is 19.3. The van der Waals surface area contributed by atoms with Crippen LogP contribution in [0.5, 0.6) is 0 Å². The fourth-order valence-electron chi connectivity index (χ4n) is 1.90. The van der Waals surface area contributed by atoms with E-state index < -0.39 is 6.10 Å². The number of aliphatic hydroxyl groups excluding tert-OH is 1. The van der Waals surface area contributed by atoms with Crippen molar-refractivity contribution < 1.29 is 14.6 Å². The summed E-state index contributed by atoms with van der Waals surface area (Å²) in [5.74, 6) is 0.559. The van der Waals surface area contributed by atoms with Crippen LogP contribution in [0.1, 0.15) is 13.8 Å². The number of nitrogens with one attached hydrogen (secondary N) is 1. The molecule has 0 bridgehead atoms. The molecule has 1 saturated heterocycles. The molecule has 0 amide bonds. The Morgan fingerprint density at radius 1 is 1.11 bits per heavy atom. The van der Waals surface area contributed by atoms with Gasteiger partial charge in [0.25, 0.3) is 0 Å². The van der Waals surface area contributed by atoms with Gasteiger partial charge in [-0.2, -0.15) is 0 Å². The maximum Gasteiger partial charge on any atom is 0.0900 e. The van der Waals surface area contributed by atoms with Crippen molar-refractivity contribution >= 4 is 0 Å². The van der Waals surface area contributed by atoms with Crippen LogP contribution in [0.15, 0.2) is 0 Å². The molecule has 108 valence electrons. The van der Waals surface area contributed by atoms with Crippen LogP contribution < -0.4 is 5.32 Å². The molecule has 0 aromatic carbocycles. The van der Waals surface area contributed by atoms with E-state index in [9.17, 15) is 5.11 Å². The Kier molecular flexibility index (Phi) is 8.54. The zero-order valence-corrected chi connectivity index (χ0v) is 11.7. The Balaban J connectivity index is 1.91. The highest BCUT2D eigenvalue weighted by Gasteiger charge is 2.14. The molecule has 1 unspecified atom stereocenters. The molecule has 1 aliphatic heterocycles. The summed E-state index contributed by atoms with van der Waals surface area (Å²) in [6.45, 7) is 11.3. The third kappa shape index (κ3) is 8.00. The predicted molar refractivity (Wildman–Crippen MR) is 71.8 cm³/mol. The van der Waals surface area contributed by atoms with Gasteiger partial charge < -0.3 is 19.9 Å². The van der Waals surface area contributed by atoms with E-state index in [-0.39, 0.29) is 0 Å². The summed E-state index contributed by atoms with van der Waals surface area (Å²) >= 11 is 0. The lowest BCUT2D eigenvalue weighted by atomic mass is 10.2. The van der Waals surface area contributed by atoms with Crippen molar-refractivity contribution in [2.45, 2.75) is 20.0 Å². The van der Waals surface area contributed by atoms with Crippen molar-refractivity contribution in [3.63, 3.8) is 0 Å². The summed E-state index contributed by atoms with van der Waals surface area (Å²) in [7, 11) is 0. The summed E-state index contributed by atoms with van der Waals surface area (Å²) in [4.78, 5) is 2.26. The molecule has 18 heavy (non-hydrogen) atoms. The lowest BCUT2D eigenvalue weighted by molar-refractivity contribution is -0.0118. The van der Waals surface area contributed by atoms with Crippen molar-refractivity contribution in [1.29, 1.82) is 0 Å². The summed E-state index contributed by atoms with van der Waals surface area (Å²) in [5.41, 5.74) is 0. The largest absolute Gasteiger partial charge is 0.389 e. The van der Waals surface area contributed by atoms with Crippen molar-refractivity contribution in [3.05, 3.63) is 0 Å². The second-order valence-electron chi connectivity index (χ2n) is 5.25. The minimum atomic E-state index is -0.395. The molecule has 1 aliphatic rings. The predicted octanol–water partition coefficient (Wildman–Crippen LogP) is -0.0583. The first-order valence-electron chi connectivity index (χ1n) is 6.95. The summed E-state index contributed by atoms with van der Waals surface area (Å²) < 4.78 is 10.8. The number of β-amino-alcohol motifs (C(OH)–C–C–N with tert-alkyl or cyclic N) is 1. The number of aliphatic hydroxyl groups is 1. The molecule has 5 heteroatoms. The second-order valence-corrected chi connectivity index (χ2v) is 5.25. The van der Waals surface area contributed by atoms with Gasteiger partial charge in [0.05, 0.1) is 25.9 Å². The molecule has 1 fully saturated rings. The monoisotopic (exact) mass is 260 g/mol. The van der Waals surface area contributed by atoms with Gasteiger partial charge in [0.2, 0.25) is 0 Å². The number of rotatable bonds is 9. The molecule has 1 atom stereocenters. The topological polar surface area (TPSA) is 54.0 Å².